The molecule has 2 N–H and O–H groups in total. The van der Waals surface area contributed by atoms with Crippen LogP contribution in [0.1, 0.15) is 34.7 Å². The van der Waals surface area contributed by atoms with Crippen molar-refractivity contribution in [3.8, 4) is 0 Å². The van der Waals surface area contributed by atoms with E-state index in [9.17, 15) is 4.79 Å². The zero-order chi connectivity index (χ0) is 19.7. The number of hydrogen-bond donors (Lipinski definition) is 1. The number of nitrogen functional groups attached to an aromatic ring is 1. The lowest BCUT2D eigenvalue weighted by atomic mass is 10.0. The number of nitrogens with zero attached hydrogens (tertiary/aromatic N) is 4. The summed E-state index contributed by atoms with van der Waals surface area (Å²) in [6, 6.07) is 8.40. The first kappa shape index (κ1) is 18.7. The molecule has 1 atom stereocenters. The Morgan fingerprint density at radius 2 is 1.93 bits per heavy atom. The Labute approximate surface area is 165 Å². The lowest BCUT2D eigenvalue weighted by molar-refractivity contribution is -0.131. The van der Waals surface area contributed by atoms with Gasteiger partial charge in [0.25, 0.3) is 0 Å². The lowest BCUT2D eigenvalue weighted by Crippen LogP contribution is -2.50. The van der Waals surface area contributed by atoms with Gasteiger partial charge in [-0.3, -0.25) is 4.79 Å². The highest BCUT2D eigenvalue weighted by Gasteiger charge is 2.27. The van der Waals surface area contributed by atoms with Crippen LogP contribution in [0.25, 0.3) is 0 Å². The summed E-state index contributed by atoms with van der Waals surface area (Å²) in [6.45, 7) is 7.93. The molecule has 148 valence electrons. The SMILES string of the molecule is Cc1cc(C)cc(CN2CCN(c3cc([C@@H]4CCOC4)nc(N)n3)CC2=O)c1. The highest BCUT2D eigenvalue weighted by Crippen LogP contribution is 2.27. The molecule has 1 aromatic carbocycles. The van der Waals surface area contributed by atoms with E-state index in [1.807, 2.05) is 15.9 Å². The van der Waals surface area contributed by atoms with Crippen LogP contribution < -0.4 is 10.6 Å². The first-order valence-electron chi connectivity index (χ1n) is 9.80. The number of aryl methyl sites for hydroxylation is 2. The number of benzene rings is 1. The predicted octanol–water partition coefficient (Wildman–Crippen LogP) is 2.03. The Morgan fingerprint density at radius 3 is 2.61 bits per heavy atom. The molecule has 4 rings (SSSR count). The van der Waals surface area contributed by atoms with E-state index in [-0.39, 0.29) is 17.8 Å². The maximum atomic E-state index is 12.8. The minimum atomic E-state index is 0.105. The Kier molecular flexibility index (Phi) is 5.17. The molecule has 2 aliphatic rings. The van der Waals surface area contributed by atoms with Crippen molar-refractivity contribution in [3.05, 3.63) is 46.6 Å². The average molecular weight is 381 g/mol. The van der Waals surface area contributed by atoms with E-state index in [0.717, 1.165) is 31.1 Å². The van der Waals surface area contributed by atoms with E-state index in [4.69, 9.17) is 10.5 Å². The van der Waals surface area contributed by atoms with Crippen LogP contribution in [0, 0.1) is 13.8 Å². The van der Waals surface area contributed by atoms with Crippen LogP contribution in [-0.2, 0) is 16.1 Å². The molecular formula is C21H27N5O2. The number of piperazine rings is 1. The molecule has 2 aliphatic heterocycles. The summed E-state index contributed by atoms with van der Waals surface area (Å²) < 4.78 is 5.47. The number of ether oxygens (including phenoxy) is 1. The molecule has 0 aliphatic carbocycles. The molecule has 2 fully saturated rings. The normalized spacial score (nSPS) is 20.1. The Morgan fingerprint density at radius 1 is 1.14 bits per heavy atom. The topological polar surface area (TPSA) is 84.6 Å². The molecule has 0 spiro atoms. The second-order valence-electron chi connectivity index (χ2n) is 7.80. The number of hydrogen-bond acceptors (Lipinski definition) is 6. The summed E-state index contributed by atoms with van der Waals surface area (Å²) in [4.78, 5) is 25.4. The van der Waals surface area contributed by atoms with Crippen molar-refractivity contribution in [3.63, 3.8) is 0 Å². The van der Waals surface area contributed by atoms with Crippen LogP contribution in [0.4, 0.5) is 11.8 Å². The van der Waals surface area contributed by atoms with E-state index >= 15 is 0 Å². The highest BCUT2D eigenvalue weighted by atomic mass is 16.5. The number of nitrogens with two attached hydrogens (primary N) is 1. The van der Waals surface area contributed by atoms with Crippen molar-refractivity contribution in [2.24, 2.45) is 0 Å². The number of amides is 1. The van der Waals surface area contributed by atoms with Crippen molar-refractivity contribution in [2.75, 3.05) is 43.5 Å². The van der Waals surface area contributed by atoms with Crippen LogP contribution in [-0.4, -0.2) is 53.6 Å². The molecule has 28 heavy (non-hydrogen) atoms. The summed E-state index contributed by atoms with van der Waals surface area (Å²) in [5.41, 5.74) is 10.5. The molecular weight excluding hydrogens is 354 g/mol. The van der Waals surface area contributed by atoms with E-state index < -0.39 is 0 Å². The number of aromatic nitrogens is 2. The van der Waals surface area contributed by atoms with Gasteiger partial charge in [0, 0.05) is 38.2 Å². The van der Waals surface area contributed by atoms with E-state index in [1.54, 1.807) is 0 Å². The van der Waals surface area contributed by atoms with Crippen molar-refractivity contribution < 1.29 is 9.53 Å². The molecule has 0 bridgehead atoms. The Hall–Kier alpha value is -2.67. The second-order valence-corrected chi connectivity index (χ2v) is 7.80. The zero-order valence-corrected chi connectivity index (χ0v) is 16.5. The van der Waals surface area contributed by atoms with Gasteiger partial charge < -0.3 is 20.3 Å². The summed E-state index contributed by atoms with van der Waals surface area (Å²) in [6.07, 6.45) is 0.943. The van der Waals surface area contributed by atoms with Gasteiger partial charge in [-0.1, -0.05) is 29.3 Å². The third-order valence-electron chi connectivity index (χ3n) is 5.40. The fraction of sp³-hybridized carbons (Fsp3) is 0.476. The lowest BCUT2D eigenvalue weighted by Gasteiger charge is -2.35. The number of rotatable bonds is 4. The van der Waals surface area contributed by atoms with Crippen LogP contribution in [0.5, 0.6) is 0 Å². The molecule has 0 unspecified atom stereocenters. The quantitative estimate of drug-likeness (QED) is 0.872. The van der Waals surface area contributed by atoms with Gasteiger partial charge in [0.2, 0.25) is 11.9 Å². The van der Waals surface area contributed by atoms with Crippen molar-refractivity contribution in [2.45, 2.75) is 32.7 Å². The number of anilines is 2. The van der Waals surface area contributed by atoms with Crippen LogP contribution >= 0.6 is 0 Å². The zero-order valence-electron chi connectivity index (χ0n) is 16.5. The minimum Gasteiger partial charge on any atom is -0.381 e. The molecule has 0 saturated carbocycles. The van der Waals surface area contributed by atoms with Gasteiger partial charge in [0.15, 0.2) is 0 Å². The van der Waals surface area contributed by atoms with Gasteiger partial charge in [-0.15, -0.1) is 0 Å². The molecule has 0 radical (unpaired) electrons. The van der Waals surface area contributed by atoms with Gasteiger partial charge in [-0.2, -0.15) is 4.98 Å². The first-order valence-corrected chi connectivity index (χ1v) is 9.80. The van der Waals surface area contributed by atoms with Gasteiger partial charge in [0.05, 0.1) is 18.8 Å². The summed E-state index contributed by atoms with van der Waals surface area (Å²) in [7, 11) is 0. The van der Waals surface area contributed by atoms with Crippen molar-refractivity contribution in [1.29, 1.82) is 0 Å². The Balaban J connectivity index is 1.46. The van der Waals surface area contributed by atoms with E-state index in [2.05, 4.69) is 42.0 Å². The van der Waals surface area contributed by atoms with Crippen LogP contribution in [0.15, 0.2) is 24.3 Å². The van der Waals surface area contributed by atoms with E-state index in [0.29, 0.717) is 26.2 Å². The monoisotopic (exact) mass is 381 g/mol. The van der Waals surface area contributed by atoms with Gasteiger partial charge >= 0.3 is 0 Å². The molecule has 7 heteroatoms. The maximum Gasteiger partial charge on any atom is 0.242 e. The summed E-state index contributed by atoms with van der Waals surface area (Å²) in [5.74, 6) is 1.34. The molecule has 7 nitrogen and oxygen atoms in total. The number of carbonyl (C=O) groups is 1. The third-order valence-corrected chi connectivity index (χ3v) is 5.40. The van der Waals surface area contributed by atoms with E-state index in [1.165, 1.54) is 16.7 Å². The molecule has 2 saturated heterocycles. The number of carbonyl (C=O) groups excluding carboxylic acids is 1. The van der Waals surface area contributed by atoms with Gasteiger partial charge in [-0.05, 0) is 25.8 Å². The molecule has 2 aromatic rings. The minimum absolute atomic E-state index is 0.105. The Bertz CT molecular complexity index is 859. The smallest absolute Gasteiger partial charge is 0.242 e. The van der Waals surface area contributed by atoms with Crippen molar-refractivity contribution >= 4 is 17.7 Å². The van der Waals surface area contributed by atoms with Crippen molar-refractivity contribution in [1.82, 2.24) is 14.9 Å². The van der Waals surface area contributed by atoms with Crippen LogP contribution in [0.2, 0.25) is 0 Å². The van der Waals surface area contributed by atoms with Gasteiger partial charge in [-0.25, -0.2) is 4.98 Å². The highest BCUT2D eigenvalue weighted by molar-refractivity contribution is 5.82. The molecule has 3 heterocycles. The summed E-state index contributed by atoms with van der Waals surface area (Å²) in [5, 5.41) is 0. The predicted molar refractivity (Wildman–Crippen MR) is 108 cm³/mol. The molecule has 1 aromatic heterocycles. The largest absolute Gasteiger partial charge is 0.381 e. The second kappa shape index (κ2) is 7.75. The fourth-order valence-corrected chi connectivity index (χ4v) is 4.06. The third kappa shape index (κ3) is 4.09. The van der Waals surface area contributed by atoms with Crippen LogP contribution in [0.3, 0.4) is 0 Å². The summed E-state index contributed by atoms with van der Waals surface area (Å²) >= 11 is 0. The molecule has 1 amide bonds. The average Bonchev–Trinajstić information content (AvgIpc) is 3.17. The fourth-order valence-electron chi connectivity index (χ4n) is 4.06. The maximum absolute atomic E-state index is 12.8. The standard InChI is InChI=1S/C21H27N5O2/c1-14-7-15(2)9-16(8-14)11-26-5-4-25(12-20(26)27)19-10-18(23-21(22)24-19)17-3-6-28-13-17/h7-10,17H,3-6,11-13H2,1-2H3,(H2,22,23,24)/t17-/m1/s1. The van der Waals surface area contributed by atoms with Gasteiger partial charge in [0.1, 0.15) is 5.82 Å². The first-order chi connectivity index (χ1) is 13.5.